The van der Waals surface area contributed by atoms with Gasteiger partial charge < -0.3 is 5.32 Å². The van der Waals surface area contributed by atoms with Crippen molar-refractivity contribution in [2.75, 3.05) is 9.62 Å². The quantitative estimate of drug-likeness (QED) is 0.497. The van der Waals surface area contributed by atoms with Crippen molar-refractivity contribution in [3.8, 4) is 0 Å². The van der Waals surface area contributed by atoms with Crippen LogP contribution in [-0.2, 0) is 20.2 Å². The maximum atomic E-state index is 13.9. The highest BCUT2D eigenvalue weighted by Crippen LogP contribution is 2.52. The van der Waals surface area contributed by atoms with Crippen molar-refractivity contribution in [1.82, 2.24) is 0 Å². The van der Waals surface area contributed by atoms with Crippen molar-refractivity contribution in [2.45, 2.75) is 50.0 Å². The highest BCUT2D eigenvalue weighted by molar-refractivity contribution is 7.93. The summed E-state index contributed by atoms with van der Waals surface area (Å²) in [6.07, 6.45) is 0.585. The van der Waals surface area contributed by atoms with Gasteiger partial charge in [0.05, 0.1) is 16.1 Å². The second-order valence-electron chi connectivity index (χ2n) is 9.32. The van der Waals surface area contributed by atoms with Crippen LogP contribution in [0.15, 0.2) is 77.7 Å². The Kier molecular flexibility index (Phi) is 5.79. The van der Waals surface area contributed by atoms with E-state index in [9.17, 15) is 13.2 Å². The van der Waals surface area contributed by atoms with E-state index in [1.807, 2.05) is 62.4 Å². The molecule has 3 aromatic rings. The zero-order chi connectivity index (χ0) is 24.0. The van der Waals surface area contributed by atoms with Crippen LogP contribution in [0.2, 0.25) is 5.02 Å². The first-order valence-corrected chi connectivity index (χ1v) is 12.6. The second kappa shape index (κ2) is 8.19. The van der Waals surface area contributed by atoms with Gasteiger partial charge in [0.15, 0.2) is 0 Å². The zero-order valence-electron chi connectivity index (χ0n) is 19.1. The van der Waals surface area contributed by atoms with Crippen LogP contribution in [0.25, 0.3) is 0 Å². The molecule has 3 aromatic carbocycles. The Labute approximate surface area is 200 Å². The highest BCUT2D eigenvalue weighted by Gasteiger charge is 2.49. The number of carbonyl (C=O) groups excluding carboxylic acids is 1. The molecule has 172 valence electrons. The first-order chi connectivity index (χ1) is 15.4. The summed E-state index contributed by atoms with van der Waals surface area (Å²) in [5.41, 5.74) is 2.14. The third-order valence-electron chi connectivity index (χ3n) is 6.25. The molecule has 0 saturated carbocycles. The van der Waals surface area contributed by atoms with Crippen molar-refractivity contribution in [2.24, 2.45) is 0 Å². The van der Waals surface area contributed by atoms with Gasteiger partial charge in [-0.05, 0) is 73.9 Å². The Morgan fingerprint density at radius 2 is 1.55 bits per heavy atom. The number of hydrogen-bond donors (Lipinski definition) is 1. The summed E-state index contributed by atoms with van der Waals surface area (Å²) in [4.78, 5) is 11.5. The number of amides is 1. The van der Waals surface area contributed by atoms with Crippen LogP contribution >= 0.6 is 11.6 Å². The van der Waals surface area contributed by atoms with Gasteiger partial charge in [0.1, 0.15) is 0 Å². The average molecular weight is 483 g/mol. The Bertz CT molecular complexity index is 1300. The summed E-state index contributed by atoms with van der Waals surface area (Å²) < 4.78 is 29.4. The average Bonchev–Trinajstić information content (AvgIpc) is 2.73. The maximum absolute atomic E-state index is 13.9. The van der Waals surface area contributed by atoms with Gasteiger partial charge in [0.2, 0.25) is 5.91 Å². The van der Waals surface area contributed by atoms with E-state index in [2.05, 4.69) is 12.2 Å². The molecule has 0 fully saturated rings. The van der Waals surface area contributed by atoms with Crippen LogP contribution < -0.4 is 9.62 Å². The van der Waals surface area contributed by atoms with E-state index < -0.39 is 21.0 Å². The van der Waals surface area contributed by atoms with E-state index in [0.717, 1.165) is 11.1 Å². The minimum absolute atomic E-state index is 0.176. The van der Waals surface area contributed by atoms with Gasteiger partial charge in [0.25, 0.3) is 10.0 Å². The molecule has 0 aliphatic carbocycles. The maximum Gasteiger partial charge on any atom is 0.264 e. The molecule has 0 radical (unpaired) electrons. The molecule has 0 bridgehead atoms. The SMILES string of the molecule is CC(=O)Nc1ccc(S(=O)(=O)N2c3ccccc3C(C)(c3ccc(Cl)cc3)CC2(C)C)cc1. The molecule has 0 saturated heterocycles. The lowest BCUT2D eigenvalue weighted by Gasteiger charge is -2.51. The Hall–Kier alpha value is -2.83. The van der Waals surface area contributed by atoms with E-state index in [1.165, 1.54) is 19.1 Å². The van der Waals surface area contributed by atoms with E-state index in [1.54, 1.807) is 16.4 Å². The molecule has 4 rings (SSSR count). The number of para-hydroxylation sites is 1. The molecule has 1 heterocycles. The minimum Gasteiger partial charge on any atom is -0.326 e. The van der Waals surface area contributed by atoms with E-state index >= 15 is 0 Å². The number of nitrogens with one attached hydrogen (secondary N) is 1. The fourth-order valence-electron chi connectivity index (χ4n) is 5.02. The first kappa shape index (κ1) is 23.3. The molecular weight excluding hydrogens is 456 g/mol. The van der Waals surface area contributed by atoms with E-state index in [-0.39, 0.29) is 10.8 Å². The van der Waals surface area contributed by atoms with Gasteiger partial charge in [-0.15, -0.1) is 0 Å². The standard InChI is InChI=1S/C26H27ClN2O3S/c1-18(30)28-21-13-15-22(16-14-21)33(31,32)29-24-8-6-5-7-23(24)26(4,17-25(29,2)3)19-9-11-20(27)12-10-19/h5-16H,17H2,1-4H3,(H,28,30). The van der Waals surface area contributed by atoms with Gasteiger partial charge in [-0.3, -0.25) is 9.10 Å². The van der Waals surface area contributed by atoms with Crippen molar-refractivity contribution >= 4 is 38.9 Å². The number of anilines is 2. The fourth-order valence-corrected chi connectivity index (χ4v) is 6.97. The van der Waals surface area contributed by atoms with Crippen LogP contribution in [0.5, 0.6) is 0 Å². The number of benzene rings is 3. The molecule has 7 heteroatoms. The molecule has 1 aliphatic heterocycles. The lowest BCUT2D eigenvalue weighted by molar-refractivity contribution is -0.114. The molecular formula is C26H27ClN2O3S. The highest BCUT2D eigenvalue weighted by atomic mass is 35.5. The number of carbonyl (C=O) groups is 1. The van der Waals surface area contributed by atoms with Crippen molar-refractivity contribution in [1.29, 1.82) is 0 Å². The zero-order valence-corrected chi connectivity index (χ0v) is 20.7. The molecule has 5 nitrogen and oxygen atoms in total. The fraction of sp³-hybridized carbons (Fsp3) is 0.269. The number of halogens is 1. The van der Waals surface area contributed by atoms with Crippen LogP contribution in [-0.4, -0.2) is 19.9 Å². The van der Waals surface area contributed by atoms with E-state index in [4.69, 9.17) is 11.6 Å². The molecule has 0 aromatic heterocycles. The van der Waals surface area contributed by atoms with Gasteiger partial charge in [0, 0.05) is 23.0 Å². The molecule has 1 atom stereocenters. The lowest BCUT2D eigenvalue weighted by atomic mass is 9.66. The lowest BCUT2D eigenvalue weighted by Crippen LogP contribution is -2.55. The number of rotatable bonds is 4. The van der Waals surface area contributed by atoms with Crippen LogP contribution in [0, 0.1) is 0 Å². The largest absolute Gasteiger partial charge is 0.326 e. The number of nitrogens with zero attached hydrogens (tertiary/aromatic N) is 1. The Morgan fingerprint density at radius 3 is 2.15 bits per heavy atom. The molecule has 1 N–H and O–H groups in total. The summed E-state index contributed by atoms with van der Waals surface area (Å²) in [7, 11) is -3.87. The topological polar surface area (TPSA) is 66.5 Å². The van der Waals surface area contributed by atoms with Crippen molar-refractivity contribution in [3.05, 3.63) is 88.9 Å². The molecule has 1 unspecified atom stereocenters. The third kappa shape index (κ3) is 4.13. The molecule has 0 spiro atoms. The number of sulfonamides is 1. The summed E-state index contributed by atoms with van der Waals surface area (Å²) in [5.74, 6) is -0.210. The van der Waals surface area contributed by atoms with Crippen LogP contribution in [0.1, 0.15) is 45.2 Å². The van der Waals surface area contributed by atoms with E-state index in [0.29, 0.717) is 22.8 Å². The molecule has 1 aliphatic rings. The second-order valence-corrected chi connectivity index (χ2v) is 11.5. The Balaban J connectivity index is 1.85. The van der Waals surface area contributed by atoms with Crippen LogP contribution in [0.4, 0.5) is 11.4 Å². The summed E-state index contributed by atoms with van der Waals surface area (Å²) >= 11 is 6.13. The van der Waals surface area contributed by atoms with Crippen molar-refractivity contribution < 1.29 is 13.2 Å². The van der Waals surface area contributed by atoms with Gasteiger partial charge >= 0.3 is 0 Å². The molecule has 1 amide bonds. The van der Waals surface area contributed by atoms with Crippen LogP contribution in [0.3, 0.4) is 0 Å². The first-order valence-electron chi connectivity index (χ1n) is 10.7. The normalized spacial score (nSPS) is 19.6. The number of fused-ring (bicyclic) bond motifs is 1. The van der Waals surface area contributed by atoms with Gasteiger partial charge in [-0.25, -0.2) is 8.42 Å². The summed E-state index contributed by atoms with van der Waals surface area (Å²) in [6, 6.07) is 21.7. The smallest absolute Gasteiger partial charge is 0.264 e. The van der Waals surface area contributed by atoms with Crippen molar-refractivity contribution in [3.63, 3.8) is 0 Å². The summed E-state index contributed by atoms with van der Waals surface area (Å²) in [6.45, 7) is 7.49. The van der Waals surface area contributed by atoms with Gasteiger partial charge in [-0.2, -0.15) is 0 Å². The predicted molar refractivity (Wildman–Crippen MR) is 133 cm³/mol. The predicted octanol–water partition coefficient (Wildman–Crippen LogP) is 5.98. The molecule has 33 heavy (non-hydrogen) atoms. The number of hydrogen-bond acceptors (Lipinski definition) is 3. The monoisotopic (exact) mass is 482 g/mol. The Morgan fingerprint density at radius 1 is 0.939 bits per heavy atom. The van der Waals surface area contributed by atoms with Gasteiger partial charge in [-0.1, -0.05) is 48.9 Å². The third-order valence-corrected chi connectivity index (χ3v) is 8.54. The summed E-state index contributed by atoms with van der Waals surface area (Å²) in [5, 5.41) is 3.34. The minimum atomic E-state index is -3.87.